The molecule has 100 valence electrons. The Labute approximate surface area is 112 Å². The molecule has 6 nitrogen and oxygen atoms in total. The number of carbonyl (C=O) groups is 1. The van der Waals surface area contributed by atoms with Crippen molar-refractivity contribution in [3.63, 3.8) is 0 Å². The summed E-state index contributed by atoms with van der Waals surface area (Å²) in [4.78, 5) is 10.7. The van der Waals surface area contributed by atoms with E-state index in [1.165, 1.54) is 16.8 Å². The number of carboxylic acid groups (broad SMARTS) is 1. The number of carboxylic acids is 1. The van der Waals surface area contributed by atoms with Crippen molar-refractivity contribution >= 4 is 18.8 Å². The molecule has 0 amide bonds. The van der Waals surface area contributed by atoms with Crippen LogP contribution in [0.15, 0.2) is 28.8 Å². The van der Waals surface area contributed by atoms with Crippen LogP contribution in [-0.4, -0.2) is 15.6 Å². The van der Waals surface area contributed by atoms with E-state index in [2.05, 4.69) is 17.5 Å². The number of benzene rings is 1. The second-order valence-corrected chi connectivity index (χ2v) is 3.99. The Kier molecular flexibility index (Phi) is 3.72. The summed E-state index contributed by atoms with van der Waals surface area (Å²) < 4.78 is 22.5. The van der Waals surface area contributed by atoms with Crippen LogP contribution in [0, 0.1) is 11.2 Å². The van der Waals surface area contributed by atoms with Gasteiger partial charge in [-0.1, -0.05) is 12.8 Å². The lowest BCUT2D eigenvalue weighted by molar-refractivity contribution is 0.0692. The van der Waals surface area contributed by atoms with Crippen molar-refractivity contribution in [2.24, 2.45) is 0 Å². The second kappa shape index (κ2) is 5.29. The molecule has 1 heterocycles. The molecule has 3 N–H and O–H groups in total. The number of halogens is 1. The summed E-state index contributed by atoms with van der Waals surface area (Å²) in [5.74, 6) is -1.76. The highest BCUT2D eigenvalue weighted by Gasteiger charge is 2.12. The summed E-state index contributed by atoms with van der Waals surface area (Å²) in [5.41, 5.74) is -0.306. The first-order valence-electron chi connectivity index (χ1n) is 5.19. The van der Waals surface area contributed by atoms with E-state index in [1.807, 2.05) is 0 Å². The van der Waals surface area contributed by atoms with E-state index in [1.54, 1.807) is 0 Å². The molecule has 2 rings (SSSR count). The van der Waals surface area contributed by atoms with Gasteiger partial charge in [-0.25, -0.2) is 9.18 Å². The summed E-state index contributed by atoms with van der Waals surface area (Å²) in [5, 5.41) is 16.4. The number of nitrogens with one attached hydrogen (secondary N) is 2. The minimum absolute atomic E-state index is 0.193. The summed E-state index contributed by atoms with van der Waals surface area (Å²) in [6.07, 6.45) is 1.50. The molecule has 1 aromatic heterocycles. The third-order valence-corrected chi connectivity index (χ3v) is 2.59. The molecule has 19 heavy (non-hydrogen) atoms. The average molecular weight is 283 g/mol. The number of aromatic nitrogens is 1. The van der Waals surface area contributed by atoms with Crippen molar-refractivity contribution in [1.82, 2.24) is 9.29 Å². The van der Waals surface area contributed by atoms with Crippen LogP contribution in [0.5, 0.6) is 0 Å². The molecule has 0 aliphatic carbocycles. The molecule has 2 aromatic rings. The number of nitrogens with zero attached hydrogens (tertiary/aromatic N) is 1. The highest BCUT2D eigenvalue weighted by atomic mass is 32.1. The van der Waals surface area contributed by atoms with Crippen LogP contribution in [0.1, 0.15) is 16.1 Å². The molecule has 0 bridgehead atoms. The van der Waals surface area contributed by atoms with Crippen LogP contribution < -0.4 is 10.4 Å². The summed E-state index contributed by atoms with van der Waals surface area (Å²) in [6, 6.07) is 3.58. The van der Waals surface area contributed by atoms with Crippen LogP contribution in [-0.2, 0) is 6.54 Å². The Morgan fingerprint density at radius 2 is 2.32 bits per heavy atom. The van der Waals surface area contributed by atoms with Crippen LogP contribution in [0.3, 0.4) is 0 Å². The number of rotatable bonds is 4. The molecule has 0 spiro atoms. The van der Waals surface area contributed by atoms with E-state index in [9.17, 15) is 9.18 Å². The highest BCUT2D eigenvalue weighted by molar-refractivity contribution is 7.78. The average Bonchev–Trinajstić information content (AvgIpc) is 2.70. The maximum Gasteiger partial charge on any atom is 0.338 e. The first kappa shape index (κ1) is 13.4. The summed E-state index contributed by atoms with van der Waals surface area (Å²) in [7, 11) is 0. The van der Waals surface area contributed by atoms with Crippen molar-refractivity contribution in [2.45, 2.75) is 6.54 Å². The van der Waals surface area contributed by atoms with Gasteiger partial charge in [-0.3, -0.25) is 14.7 Å². The number of hydrogen-bond donors (Lipinski definition) is 4. The maximum atomic E-state index is 13.6. The van der Waals surface area contributed by atoms with Crippen molar-refractivity contribution < 1.29 is 18.7 Å². The van der Waals surface area contributed by atoms with Crippen LogP contribution in [0.25, 0.3) is 5.69 Å². The van der Waals surface area contributed by atoms with Crippen LogP contribution in [0.2, 0.25) is 0 Å². The lowest BCUT2D eigenvalue weighted by atomic mass is 10.2. The Morgan fingerprint density at radius 3 is 2.89 bits per heavy atom. The fraction of sp³-hybridized carbons (Fsp3) is 0.0909. The molecule has 1 aromatic carbocycles. The fourth-order valence-corrected chi connectivity index (χ4v) is 1.74. The Bertz CT molecular complexity index is 680. The van der Waals surface area contributed by atoms with Crippen LogP contribution >= 0.6 is 12.8 Å². The molecule has 0 unspecified atom stereocenters. The van der Waals surface area contributed by atoms with E-state index in [0.717, 1.165) is 12.1 Å². The molecule has 8 heteroatoms. The third-order valence-electron chi connectivity index (χ3n) is 2.43. The van der Waals surface area contributed by atoms with E-state index in [-0.39, 0.29) is 5.68 Å². The van der Waals surface area contributed by atoms with Gasteiger partial charge in [0.2, 0.25) is 0 Å². The minimum Gasteiger partial charge on any atom is -0.478 e. The lowest BCUT2D eigenvalue weighted by Crippen LogP contribution is -2.12. The quantitative estimate of drug-likeness (QED) is 0.637. The molecule has 0 saturated heterocycles. The van der Waals surface area contributed by atoms with Gasteiger partial charge < -0.3 is 9.52 Å². The van der Waals surface area contributed by atoms with Gasteiger partial charge in [0.15, 0.2) is 0 Å². The number of aromatic carboxylic acids is 1. The first-order valence-corrected chi connectivity index (χ1v) is 5.64. The molecule has 0 atom stereocenters. The fourth-order valence-electron chi connectivity index (χ4n) is 1.58. The second-order valence-electron chi connectivity index (χ2n) is 3.68. The van der Waals surface area contributed by atoms with Gasteiger partial charge in [0.25, 0.3) is 5.68 Å². The zero-order valence-electron chi connectivity index (χ0n) is 9.55. The van der Waals surface area contributed by atoms with E-state index < -0.39 is 17.3 Å². The third kappa shape index (κ3) is 2.69. The smallest absolute Gasteiger partial charge is 0.338 e. The molecular formula is C11H10FN3O3S. The van der Waals surface area contributed by atoms with Gasteiger partial charge in [-0.15, -0.1) is 0 Å². The molecule has 0 radical (unpaired) electrons. The standard InChI is InChI=1S/C11H10FN3O3S/c12-9-3-6(1-2-8(9)10(16)17)15-5-7(4-14-19)18-11(15)13/h1-3,5,13-14,19H,4H2,(H,16,17). The van der Waals surface area contributed by atoms with Gasteiger partial charge in [-0.2, -0.15) is 0 Å². The monoisotopic (exact) mass is 283 g/mol. The zero-order chi connectivity index (χ0) is 14.0. The molecule has 0 aliphatic heterocycles. The van der Waals surface area contributed by atoms with Gasteiger partial charge in [0.05, 0.1) is 24.0 Å². The number of oxazole rings is 1. The number of hydrogen-bond acceptors (Lipinski definition) is 5. The van der Waals surface area contributed by atoms with Crippen LogP contribution in [0.4, 0.5) is 4.39 Å². The maximum absolute atomic E-state index is 13.6. The first-order chi connectivity index (χ1) is 9.02. The molecule has 0 fully saturated rings. The lowest BCUT2D eigenvalue weighted by Gasteiger charge is -2.03. The van der Waals surface area contributed by atoms with Gasteiger partial charge in [0, 0.05) is 0 Å². The highest BCUT2D eigenvalue weighted by Crippen LogP contribution is 2.14. The SMILES string of the molecule is N=c1oc(CNS)cn1-c1ccc(C(=O)O)c(F)c1. The Hall–Kier alpha value is -2.06. The van der Waals surface area contributed by atoms with Crippen molar-refractivity contribution in [2.75, 3.05) is 0 Å². The summed E-state index contributed by atoms with van der Waals surface area (Å²) in [6.45, 7) is 0.303. The summed E-state index contributed by atoms with van der Waals surface area (Å²) >= 11 is 3.81. The van der Waals surface area contributed by atoms with E-state index in [4.69, 9.17) is 14.9 Å². The van der Waals surface area contributed by atoms with Crippen molar-refractivity contribution in [3.05, 3.63) is 47.2 Å². The van der Waals surface area contributed by atoms with Gasteiger partial charge in [-0.05, 0) is 18.2 Å². The van der Waals surface area contributed by atoms with Crippen molar-refractivity contribution in [1.29, 1.82) is 5.41 Å². The molecule has 0 saturated carbocycles. The van der Waals surface area contributed by atoms with E-state index in [0.29, 0.717) is 18.0 Å². The molecular weight excluding hydrogens is 273 g/mol. The number of thiol groups is 1. The van der Waals surface area contributed by atoms with E-state index >= 15 is 0 Å². The van der Waals surface area contributed by atoms with Gasteiger partial charge in [0.1, 0.15) is 11.6 Å². The van der Waals surface area contributed by atoms with Crippen molar-refractivity contribution in [3.8, 4) is 5.69 Å². The predicted octanol–water partition coefficient (Wildman–Crippen LogP) is 1.32. The predicted molar refractivity (Wildman–Crippen MR) is 66.6 cm³/mol. The van der Waals surface area contributed by atoms with Gasteiger partial charge >= 0.3 is 5.97 Å². The topological polar surface area (TPSA) is 91.3 Å². The normalized spacial score (nSPS) is 10.6. The zero-order valence-corrected chi connectivity index (χ0v) is 10.4. The Balaban J connectivity index is 2.45. The molecule has 0 aliphatic rings. The minimum atomic E-state index is -1.34. The Morgan fingerprint density at radius 1 is 1.58 bits per heavy atom. The largest absolute Gasteiger partial charge is 0.478 e.